The molecule has 0 saturated carbocycles. The minimum absolute atomic E-state index is 0.0536. The summed E-state index contributed by atoms with van der Waals surface area (Å²) in [6, 6.07) is 15.5. The quantitative estimate of drug-likeness (QED) is 0.538. The van der Waals surface area contributed by atoms with Crippen LogP contribution in [-0.2, 0) is 16.1 Å². The van der Waals surface area contributed by atoms with Gasteiger partial charge >= 0.3 is 0 Å². The number of carbonyl (C=O) groups excluding carboxylic acids is 3. The Bertz CT molecular complexity index is 1240. The predicted molar refractivity (Wildman–Crippen MR) is 127 cm³/mol. The molecule has 0 saturated heterocycles. The van der Waals surface area contributed by atoms with Crippen molar-refractivity contribution in [2.24, 2.45) is 5.92 Å². The Hall–Kier alpha value is -4.07. The standard InChI is InChI=1S/C25H26N4O4/c1-15(2)24(32)27-22-13-21(19-7-5-16(3)6-8-19)28-29(25(22)33)14-23(31)26-20-11-9-18(10-12-20)17(4)30/h5-13,15H,14H2,1-4H3,(H,26,31)(H,27,32). The fraction of sp³-hybridized carbons (Fsp3) is 0.240. The van der Waals surface area contributed by atoms with E-state index in [0.29, 0.717) is 16.9 Å². The highest BCUT2D eigenvalue weighted by molar-refractivity contribution is 5.95. The smallest absolute Gasteiger partial charge is 0.291 e. The lowest BCUT2D eigenvalue weighted by Crippen LogP contribution is -2.33. The summed E-state index contributed by atoms with van der Waals surface area (Å²) >= 11 is 0. The van der Waals surface area contributed by atoms with Gasteiger partial charge in [-0.25, -0.2) is 4.68 Å². The van der Waals surface area contributed by atoms with E-state index in [4.69, 9.17) is 0 Å². The summed E-state index contributed by atoms with van der Waals surface area (Å²) in [6.45, 7) is 6.52. The maximum Gasteiger partial charge on any atom is 0.291 e. The van der Waals surface area contributed by atoms with Crippen molar-refractivity contribution in [3.8, 4) is 11.3 Å². The maximum atomic E-state index is 12.9. The average Bonchev–Trinajstić information content (AvgIpc) is 2.77. The second-order valence-electron chi connectivity index (χ2n) is 8.10. The average molecular weight is 447 g/mol. The van der Waals surface area contributed by atoms with Crippen molar-refractivity contribution in [1.29, 1.82) is 0 Å². The summed E-state index contributed by atoms with van der Waals surface area (Å²) in [5, 5.41) is 9.68. The Morgan fingerprint density at radius 3 is 2.18 bits per heavy atom. The van der Waals surface area contributed by atoms with Crippen molar-refractivity contribution in [2.75, 3.05) is 10.6 Å². The number of amides is 2. The molecule has 33 heavy (non-hydrogen) atoms. The van der Waals surface area contributed by atoms with Crippen LogP contribution in [0.25, 0.3) is 11.3 Å². The van der Waals surface area contributed by atoms with Gasteiger partial charge in [0, 0.05) is 22.7 Å². The number of aromatic nitrogens is 2. The van der Waals surface area contributed by atoms with Crippen LogP contribution in [0.2, 0.25) is 0 Å². The number of hydrogen-bond acceptors (Lipinski definition) is 5. The number of ketones is 1. The molecule has 3 aromatic rings. The van der Waals surface area contributed by atoms with Crippen LogP contribution >= 0.6 is 0 Å². The van der Waals surface area contributed by atoms with E-state index >= 15 is 0 Å². The zero-order valence-corrected chi connectivity index (χ0v) is 19.0. The molecule has 2 amide bonds. The lowest BCUT2D eigenvalue weighted by atomic mass is 10.1. The van der Waals surface area contributed by atoms with Gasteiger partial charge in [0.1, 0.15) is 12.2 Å². The molecule has 8 nitrogen and oxygen atoms in total. The van der Waals surface area contributed by atoms with Gasteiger partial charge < -0.3 is 10.6 Å². The van der Waals surface area contributed by atoms with E-state index in [1.807, 2.05) is 31.2 Å². The molecule has 1 aromatic heterocycles. The first-order valence-electron chi connectivity index (χ1n) is 10.5. The second-order valence-corrected chi connectivity index (χ2v) is 8.10. The number of nitrogens with one attached hydrogen (secondary N) is 2. The molecule has 3 rings (SSSR count). The van der Waals surface area contributed by atoms with E-state index in [9.17, 15) is 19.2 Å². The van der Waals surface area contributed by atoms with Crippen LogP contribution in [-0.4, -0.2) is 27.4 Å². The van der Waals surface area contributed by atoms with Crippen LogP contribution in [0.5, 0.6) is 0 Å². The lowest BCUT2D eigenvalue weighted by molar-refractivity contribution is -0.119. The van der Waals surface area contributed by atoms with Crippen LogP contribution in [0.3, 0.4) is 0 Å². The SMILES string of the molecule is CC(=O)c1ccc(NC(=O)Cn2nc(-c3ccc(C)cc3)cc(NC(=O)C(C)C)c2=O)cc1. The first-order chi connectivity index (χ1) is 15.6. The number of benzene rings is 2. The van der Waals surface area contributed by atoms with E-state index in [-0.39, 0.29) is 29.8 Å². The molecule has 1 heterocycles. The van der Waals surface area contributed by atoms with E-state index in [0.717, 1.165) is 15.8 Å². The zero-order chi connectivity index (χ0) is 24.1. The molecule has 0 aliphatic heterocycles. The molecule has 0 bridgehead atoms. The number of rotatable bonds is 7. The van der Waals surface area contributed by atoms with Crippen molar-refractivity contribution in [3.05, 3.63) is 76.1 Å². The summed E-state index contributed by atoms with van der Waals surface area (Å²) in [5.74, 6) is -1.18. The highest BCUT2D eigenvalue weighted by Crippen LogP contribution is 2.19. The number of anilines is 2. The van der Waals surface area contributed by atoms with Gasteiger partial charge in [0.15, 0.2) is 5.78 Å². The largest absolute Gasteiger partial charge is 0.324 e. The monoisotopic (exact) mass is 446 g/mol. The number of nitrogens with zero attached hydrogens (tertiary/aromatic N) is 2. The van der Waals surface area contributed by atoms with Crippen LogP contribution < -0.4 is 16.2 Å². The van der Waals surface area contributed by atoms with E-state index in [1.165, 1.54) is 13.0 Å². The Kier molecular flexibility index (Phi) is 7.17. The van der Waals surface area contributed by atoms with Gasteiger partial charge in [-0.2, -0.15) is 5.10 Å². The second kappa shape index (κ2) is 10.0. The van der Waals surface area contributed by atoms with E-state index in [1.54, 1.807) is 38.1 Å². The van der Waals surface area contributed by atoms with Gasteiger partial charge in [0.2, 0.25) is 11.8 Å². The Labute approximate surface area is 191 Å². The molecule has 0 atom stereocenters. The van der Waals surface area contributed by atoms with Crippen molar-refractivity contribution >= 4 is 29.0 Å². The third kappa shape index (κ3) is 6.00. The third-order valence-corrected chi connectivity index (χ3v) is 4.97. The Morgan fingerprint density at radius 1 is 0.970 bits per heavy atom. The third-order valence-electron chi connectivity index (χ3n) is 4.97. The molecule has 0 fully saturated rings. The summed E-state index contributed by atoms with van der Waals surface area (Å²) in [6.07, 6.45) is 0. The van der Waals surface area contributed by atoms with Gasteiger partial charge in [-0.3, -0.25) is 19.2 Å². The lowest BCUT2D eigenvalue weighted by Gasteiger charge is -2.13. The van der Waals surface area contributed by atoms with Crippen molar-refractivity contribution in [1.82, 2.24) is 9.78 Å². The fourth-order valence-corrected chi connectivity index (χ4v) is 3.01. The van der Waals surface area contributed by atoms with Gasteiger partial charge in [0.25, 0.3) is 5.56 Å². The molecular weight excluding hydrogens is 420 g/mol. The molecule has 0 aliphatic carbocycles. The molecule has 2 N–H and O–H groups in total. The number of hydrogen-bond donors (Lipinski definition) is 2. The predicted octanol–water partition coefficient (Wildman–Crippen LogP) is 3.65. The maximum absolute atomic E-state index is 12.9. The summed E-state index contributed by atoms with van der Waals surface area (Å²) in [4.78, 5) is 49.2. The summed E-state index contributed by atoms with van der Waals surface area (Å²) in [7, 11) is 0. The minimum atomic E-state index is -0.582. The number of carbonyl (C=O) groups is 3. The van der Waals surface area contributed by atoms with Gasteiger partial charge in [-0.15, -0.1) is 0 Å². The number of aryl methyl sites for hydroxylation is 1. The molecule has 0 aliphatic rings. The van der Waals surface area contributed by atoms with Crippen LogP contribution in [0, 0.1) is 12.8 Å². The highest BCUT2D eigenvalue weighted by atomic mass is 16.2. The van der Waals surface area contributed by atoms with Gasteiger partial charge in [0.05, 0.1) is 5.69 Å². The van der Waals surface area contributed by atoms with Crippen LogP contribution in [0.4, 0.5) is 11.4 Å². The zero-order valence-electron chi connectivity index (χ0n) is 19.0. The summed E-state index contributed by atoms with van der Waals surface area (Å²) < 4.78 is 1.03. The van der Waals surface area contributed by atoms with Crippen LogP contribution in [0.1, 0.15) is 36.7 Å². The molecule has 8 heteroatoms. The van der Waals surface area contributed by atoms with E-state index in [2.05, 4.69) is 15.7 Å². The highest BCUT2D eigenvalue weighted by Gasteiger charge is 2.16. The molecule has 170 valence electrons. The van der Waals surface area contributed by atoms with Gasteiger partial charge in [-0.1, -0.05) is 43.7 Å². The molecule has 2 aromatic carbocycles. The summed E-state index contributed by atoms with van der Waals surface area (Å²) in [5.41, 5.74) is 2.75. The molecular formula is C25H26N4O4. The first kappa shape index (κ1) is 23.6. The topological polar surface area (TPSA) is 110 Å². The fourth-order valence-electron chi connectivity index (χ4n) is 3.01. The minimum Gasteiger partial charge on any atom is -0.324 e. The van der Waals surface area contributed by atoms with Crippen molar-refractivity contribution < 1.29 is 14.4 Å². The molecule has 0 radical (unpaired) electrons. The number of Topliss-reactive ketones (excluding diaryl/α,β-unsaturated/α-hetero) is 1. The van der Waals surface area contributed by atoms with Crippen LogP contribution in [0.15, 0.2) is 59.4 Å². The van der Waals surface area contributed by atoms with Crippen molar-refractivity contribution in [3.63, 3.8) is 0 Å². The van der Waals surface area contributed by atoms with Gasteiger partial charge in [-0.05, 0) is 44.2 Å². The molecule has 0 unspecified atom stereocenters. The first-order valence-corrected chi connectivity index (χ1v) is 10.5. The van der Waals surface area contributed by atoms with E-state index < -0.39 is 11.5 Å². The molecule has 0 spiro atoms. The normalized spacial score (nSPS) is 10.7. The Balaban J connectivity index is 1.91. The van der Waals surface area contributed by atoms with Crippen molar-refractivity contribution in [2.45, 2.75) is 34.2 Å². The Morgan fingerprint density at radius 2 is 1.61 bits per heavy atom.